The van der Waals surface area contributed by atoms with Gasteiger partial charge in [-0.25, -0.2) is 12.8 Å². The van der Waals surface area contributed by atoms with Gasteiger partial charge in [-0.1, -0.05) is 29.8 Å². The number of hydrogen-bond acceptors (Lipinski definition) is 4. The van der Waals surface area contributed by atoms with Gasteiger partial charge >= 0.3 is 0 Å². The van der Waals surface area contributed by atoms with Crippen LogP contribution in [0, 0.1) is 5.82 Å². The number of hydrogen-bond donors (Lipinski definition) is 2. The van der Waals surface area contributed by atoms with Gasteiger partial charge in [0.2, 0.25) is 0 Å². The second kappa shape index (κ2) is 9.97. The summed E-state index contributed by atoms with van der Waals surface area (Å²) in [5.41, 5.74) is 0.263. The third kappa shape index (κ3) is 5.98. The van der Waals surface area contributed by atoms with Crippen molar-refractivity contribution < 1.29 is 17.6 Å². The summed E-state index contributed by atoms with van der Waals surface area (Å²) in [6.07, 6.45) is 0. The van der Waals surface area contributed by atoms with E-state index in [0.29, 0.717) is 12.3 Å². The van der Waals surface area contributed by atoms with Crippen LogP contribution in [0.1, 0.15) is 10.4 Å². The van der Waals surface area contributed by atoms with Crippen LogP contribution in [0.2, 0.25) is 5.02 Å². The highest BCUT2D eigenvalue weighted by atomic mass is 35.5. The SMILES string of the molecule is O=C(NCCSc1ccccc1)c1cc(S(=O)(=O)Nc2ccc(F)cc2)ccc1Cl. The maximum absolute atomic E-state index is 13.0. The minimum Gasteiger partial charge on any atom is -0.351 e. The van der Waals surface area contributed by atoms with Crippen molar-refractivity contribution in [3.63, 3.8) is 0 Å². The largest absolute Gasteiger partial charge is 0.351 e. The number of carbonyl (C=O) groups excluding carboxylic acids is 1. The first-order chi connectivity index (χ1) is 14.3. The first kappa shape index (κ1) is 22.1. The third-order valence-corrected chi connectivity index (χ3v) is 6.71. The van der Waals surface area contributed by atoms with E-state index in [1.165, 1.54) is 30.3 Å². The molecule has 5 nitrogen and oxygen atoms in total. The van der Waals surface area contributed by atoms with Crippen molar-refractivity contribution >= 4 is 45.0 Å². The van der Waals surface area contributed by atoms with Gasteiger partial charge < -0.3 is 5.32 Å². The Kier molecular flexibility index (Phi) is 7.36. The fraction of sp³-hybridized carbons (Fsp3) is 0.0952. The molecule has 0 heterocycles. The van der Waals surface area contributed by atoms with Crippen LogP contribution in [0.5, 0.6) is 0 Å². The molecule has 3 aromatic carbocycles. The molecule has 0 atom stereocenters. The van der Waals surface area contributed by atoms with Crippen LogP contribution in [-0.2, 0) is 10.0 Å². The van der Waals surface area contributed by atoms with Gasteiger partial charge in [0, 0.05) is 22.9 Å². The minimum atomic E-state index is -3.98. The van der Waals surface area contributed by atoms with Crippen LogP contribution < -0.4 is 10.0 Å². The Bertz CT molecular complexity index is 1120. The Morgan fingerprint density at radius 2 is 1.70 bits per heavy atom. The van der Waals surface area contributed by atoms with E-state index in [1.807, 2.05) is 30.3 Å². The standard InChI is InChI=1S/C21H18ClFN2O3S2/c22-20-11-10-18(30(27,28)25-16-8-6-15(23)7-9-16)14-19(20)21(26)24-12-13-29-17-4-2-1-3-5-17/h1-11,14,25H,12-13H2,(H,24,26). The van der Waals surface area contributed by atoms with Crippen molar-refractivity contribution in [1.82, 2.24) is 5.32 Å². The molecule has 0 saturated carbocycles. The summed E-state index contributed by atoms with van der Waals surface area (Å²) in [6, 6.07) is 18.5. The quantitative estimate of drug-likeness (QED) is 0.371. The lowest BCUT2D eigenvalue weighted by molar-refractivity contribution is 0.0956. The number of amides is 1. The fourth-order valence-corrected chi connectivity index (χ4v) is 4.60. The highest BCUT2D eigenvalue weighted by Gasteiger charge is 2.19. The Labute approximate surface area is 183 Å². The van der Waals surface area contributed by atoms with Crippen molar-refractivity contribution in [1.29, 1.82) is 0 Å². The molecule has 0 aliphatic rings. The molecule has 0 saturated heterocycles. The number of benzene rings is 3. The Hall–Kier alpha value is -2.55. The van der Waals surface area contributed by atoms with E-state index >= 15 is 0 Å². The van der Waals surface area contributed by atoms with E-state index in [2.05, 4.69) is 10.0 Å². The second-order valence-electron chi connectivity index (χ2n) is 6.17. The highest BCUT2D eigenvalue weighted by molar-refractivity contribution is 7.99. The molecule has 0 aliphatic carbocycles. The van der Waals surface area contributed by atoms with Gasteiger partial charge in [-0.3, -0.25) is 9.52 Å². The minimum absolute atomic E-state index is 0.0587. The van der Waals surface area contributed by atoms with E-state index in [4.69, 9.17) is 11.6 Å². The van der Waals surface area contributed by atoms with Crippen molar-refractivity contribution in [3.05, 3.63) is 89.2 Å². The Morgan fingerprint density at radius 1 is 1.00 bits per heavy atom. The zero-order valence-corrected chi connectivity index (χ0v) is 18.0. The van der Waals surface area contributed by atoms with Gasteiger partial charge in [0.15, 0.2) is 0 Å². The van der Waals surface area contributed by atoms with E-state index in [9.17, 15) is 17.6 Å². The number of nitrogens with one attached hydrogen (secondary N) is 2. The monoisotopic (exact) mass is 464 g/mol. The van der Waals surface area contributed by atoms with Crippen molar-refractivity contribution in [3.8, 4) is 0 Å². The molecule has 3 aromatic rings. The molecule has 0 bridgehead atoms. The third-order valence-electron chi connectivity index (χ3n) is 3.99. The average molecular weight is 465 g/mol. The zero-order valence-electron chi connectivity index (χ0n) is 15.6. The maximum atomic E-state index is 13.0. The number of rotatable bonds is 8. The molecule has 0 unspecified atom stereocenters. The van der Waals surface area contributed by atoms with E-state index < -0.39 is 21.7 Å². The van der Waals surface area contributed by atoms with Gasteiger partial charge in [0.25, 0.3) is 15.9 Å². The molecule has 2 N–H and O–H groups in total. The molecule has 0 aromatic heterocycles. The lowest BCUT2D eigenvalue weighted by atomic mass is 10.2. The van der Waals surface area contributed by atoms with Crippen LogP contribution in [0.25, 0.3) is 0 Å². The average Bonchev–Trinajstić information content (AvgIpc) is 2.73. The van der Waals surface area contributed by atoms with Crippen molar-refractivity contribution in [2.75, 3.05) is 17.0 Å². The van der Waals surface area contributed by atoms with Crippen molar-refractivity contribution in [2.45, 2.75) is 9.79 Å². The molecule has 0 aliphatic heterocycles. The summed E-state index contributed by atoms with van der Waals surface area (Å²) >= 11 is 7.70. The van der Waals surface area contributed by atoms with E-state index in [1.54, 1.807) is 11.8 Å². The Morgan fingerprint density at radius 3 is 2.40 bits per heavy atom. The molecule has 156 valence electrons. The summed E-state index contributed by atoms with van der Waals surface area (Å²) in [6.45, 7) is 0.388. The normalized spacial score (nSPS) is 11.1. The van der Waals surface area contributed by atoms with Crippen LogP contribution in [0.3, 0.4) is 0 Å². The van der Waals surface area contributed by atoms with Gasteiger partial charge in [-0.15, -0.1) is 11.8 Å². The lowest BCUT2D eigenvalue weighted by Crippen LogP contribution is -2.26. The van der Waals surface area contributed by atoms with Crippen LogP contribution in [0.15, 0.2) is 82.6 Å². The predicted octanol–water partition coefficient (Wildman–Crippen LogP) is 4.80. The number of thioether (sulfide) groups is 1. The molecule has 0 radical (unpaired) electrons. The second-order valence-corrected chi connectivity index (χ2v) is 9.43. The van der Waals surface area contributed by atoms with Crippen LogP contribution in [-0.4, -0.2) is 26.6 Å². The van der Waals surface area contributed by atoms with Gasteiger partial charge in [0.1, 0.15) is 5.82 Å². The molecular weight excluding hydrogens is 447 g/mol. The summed E-state index contributed by atoms with van der Waals surface area (Å²) in [4.78, 5) is 13.5. The zero-order chi connectivity index (χ0) is 21.6. The molecule has 9 heteroatoms. The highest BCUT2D eigenvalue weighted by Crippen LogP contribution is 2.23. The number of anilines is 1. The maximum Gasteiger partial charge on any atom is 0.261 e. The molecule has 3 rings (SSSR count). The molecule has 1 amide bonds. The first-order valence-electron chi connectivity index (χ1n) is 8.89. The summed E-state index contributed by atoms with van der Waals surface area (Å²) in [5, 5.41) is 2.89. The summed E-state index contributed by atoms with van der Waals surface area (Å²) in [7, 11) is -3.98. The number of carbonyl (C=O) groups is 1. The smallest absolute Gasteiger partial charge is 0.261 e. The van der Waals surface area contributed by atoms with E-state index in [-0.39, 0.29) is 21.2 Å². The molecular formula is C21H18ClFN2O3S2. The lowest BCUT2D eigenvalue weighted by Gasteiger charge is -2.11. The fourth-order valence-electron chi connectivity index (χ4n) is 2.52. The molecule has 0 fully saturated rings. The topological polar surface area (TPSA) is 75.3 Å². The predicted molar refractivity (Wildman–Crippen MR) is 118 cm³/mol. The van der Waals surface area contributed by atoms with Crippen LogP contribution in [0.4, 0.5) is 10.1 Å². The molecule has 0 spiro atoms. The molecule has 30 heavy (non-hydrogen) atoms. The van der Waals surface area contributed by atoms with Gasteiger partial charge in [0.05, 0.1) is 15.5 Å². The van der Waals surface area contributed by atoms with Gasteiger partial charge in [-0.2, -0.15) is 0 Å². The van der Waals surface area contributed by atoms with Gasteiger partial charge in [-0.05, 0) is 54.6 Å². The van der Waals surface area contributed by atoms with Crippen LogP contribution >= 0.6 is 23.4 Å². The number of sulfonamides is 1. The van der Waals surface area contributed by atoms with E-state index in [0.717, 1.165) is 17.0 Å². The summed E-state index contributed by atoms with van der Waals surface area (Å²) in [5.74, 6) is -0.293. The summed E-state index contributed by atoms with van der Waals surface area (Å²) < 4.78 is 40.6. The number of halogens is 2. The Balaban J connectivity index is 1.66. The van der Waals surface area contributed by atoms with Crippen molar-refractivity contribution in [2.24, 2.45) is 0 Å². The first-order valence-corrected chi connectivity index (χ1v) is 11.7.